The van der Waals surface area contributed by atoms with E-state index in [-0.39, 0.29) is 36.4 Å². The molecule has 1 saturated heterocycles. The number of hydrogen-bond donors (Lipinski definition) is 1. The number of aromatic carboxylic acids is 1. The number of carboxylic acids is 1. The Balaban J connectivity index is 1.65. The summed E-state index contributed by atoms with van der Waals surface area (Å²) in [5, 5.41) is 9.12. The van der Waals surface area contributed by atoms with Gasteiger partial charge in [-0.1, -0.05) is 30.3 Å². The highest BCUT2D eigenvalue weighted by atomic mass is 16.4. The highest BCUT2D eigenvalue weighted by molar-refractivity contribution is 5.90. The van der Waals surface area contributed by atoms with Gasteiger partial charge >= 0.3 is 5.97 Å². The number of rotatable bonds is 6. The van der Waals surface area contributed by atoms with E-state index in [1.165, 1.54) is 11.0 Å². The van der Waals surface area contributed by atoms with Crippen molar-refractivity contribution in [3.05, 3.63) is 59.0 Å². The molecule has 0 bridgehead atoms. The van der Waals surface area contributed by atoms with E-state index in [0.29, 0.717) is 18.1 Å². The van der Waals surface area contributed by atoms with Crippen LogP contribution in [0.1, 0.15) is 46.8 Å². The lowest BCUT2D eigenvalue weighted by molar-refractivity contribution is -0.135. The SMILES string of the molecule is Cc1oc(CN(C)C(=O)C2CC(=O)N(C(C)c3ccccc3)C2)cc1C(=O)O. The van der Waals surface area contributed by atoms with Crippen molar-refractivity contribution in [1.29, 1.82) is 0 Å². The Labute approximate surface area is 163 Å². The van der Waals surface area contributed by atoms with Crippen LogP contribution in [0.25, 0.3) is 0 Å². The first-order chi connectivity index (χ1) is 13.3. The molecule has 0 radical (unpaired) electrons. The van der Waals surface area contributed by atoms with Gasteiger partial charge in [-0.3, -0.25) is 9.59 Å². The van der Waals surface area contributed by atoms with E-state index in [9.17, 15) is 14.4 Å². The van der Waals surface area contributed by atoms with Gasteiger partial charge in [0.2, 0.25) is 11.8 Å². The normalized spacial score (nSPS) is 17.6. The summed E-state index contributed by atoms with van der Waals surface area (Å²) in [4.78, 5) is 39.7. The third-order valence-electron chi connectivity index (χ3n) is 5.23. The van der Waals surface area contributed by atoms with Crippen molar-refractivity contribution in [2.45, 2.75) is 32.9 Å². The minimum Gasteiger partial charge on any atom is -0.478 e. The van der Waals surface area contributed by atoms with Crippen LogP contribution in [0.4, 0.5) is 0 Å². The Morgan fingerprint density at radius 3 is 2.61 bits per heavy atom. The summed E-state index contributed by atoms with van der Waals surface area (Å²) >= 11 is 0. The Morgan fingerprint density at radius 1 is 1.32 bits per heavy atom. The van der Waals surface area contributed by atoms with Gasteiger partial charge in [0.25, 0.3) is 0 Å². The van der Waals surface area contributed by atoms with Crippen LogP contribution < -0.4 is 0 Å². The van der Waals surface area contributed by atoms with Crippen molar-refractivity contribution >= 4 is 17.8 Å². The molecular formula is C21H24N2O5. The Bertz CT molecular complexity index is 889. The van der Waals surface area contributed by atoms with E-state index in [1.807, 2.05) is 37.3 Å². The van der Waals surface area contributed by atoms with Gasteiger partial charge in [0, 0.05) is 20.0 Å². The van der Waals surface area contributed by atoms with Crippen molar-refractivity contribution in [1.82, 2.24) is 9.80 Å². The zero-order chi connectivity index (χ0) is 20.4. The second-order valence-corrected chi connectivity index (χ2v) is 7.22. The van der Waals surface area contributed by atoms with Gasteiger partial charge in [-0.05, 0) is 25.5 Å². The molecular weight excluding hydrogens is 360 g/mol. The van der Waals surface area contributed by atoms with Crippen molar-refractivity contribution in [3.8, 4) is 0 Å². The van der Waals surface area contributed by atoms with Crippen LogP contribution in [-0.4, -0.2) is 46.3 Å². The molecule has 1 aromatic carbocycles. The molecule has 0 saturated carbocycles. The maximum atomic E-state index is 12.8. The number of benzene rings is 1. The molecule has 2 atom stereocenters. The van der Waals surface area contributed by atoms with Gasteiger partial charge in [-0.15, -0.1) is 0 Å². The maximum absolute atomic E-state index is 12.8. The van der Waals surface area contributed by atoms with E-state index in [0.717, 1.165) is 5.56 Å². The standard InChI is InChI=1S/C21H24N2O5/c1-13(15-7-5-4-6-8-15)23-11-16(9-19(23)24)20(25)22(3)12-17-10-18(21(26)27)14(2)28-17/h4-8,10,13,16H,9,11-12H2,1-3H3,(H,26,27). The summed E-state index contributed by atoms with van der Waals surface area (Å²) in [5.74, 6) is -0.953. The predicted octanol–water partition coefficient (Wildman–Crippen LogP) is 2.85. The molecule has 7 heteroatoms. The highest BCUT2D eigenvalue weighted by Gasteiger charge is 2.38. The lowest BCUT2D eigenvalue weighted by atomic mass is 10.1. The molecule has 7 nitrogen and oxygen atoms in total. The molecule has 0 aliphatic carbocycles. The fourth-order valence-corrected chi connectivity index (χ4v) is 3.64. The van der Waals surface area contributed by atoms with Gasteiger partial charge in [-0.25, -0.2) is 4.79 Å². The third kappa shape index (κ3) is 3.93. The van der Waals surface area contributed by atoms with Crippen molar-refractivity contribution < 1.29 is 23.9 Å². The molecule has 3 rings (SSSR count). The molecule has 2 unspecified atom stereocenters. The Morgan fingerprint density at radius 2 is 2.00 bits per heavy atom. The molecule has 1 aliphatic rings. The third-order valence-corrected chi connectivity index (χ3v) is 5.23. The van der Waals surface area contributed by atoms with Crippen LogP contribution in [0.3, 0.4) is 0 Å². The van der Waals surface area contributed by atoms with Gasteiger partial charge in [0.05, 0.1) is 18.5 Å². The number of amides is 2. The minimum atomic E-state index is -1.06. The zero-order valence-corrected chi connectivity index (χ0v) is 16.2. The number of aryl methyl sites for hydroxylation is 1. The number of furan rings is 1. The van der Waals surface area contributed by atoms with E-state index in [4.69, 9.17) is 9.52 Å². The Hall–Kier alpha value is -3.09. The molecule has 2 heterocycles. The summed E-state index contributed by atoms with van der Waals surface area (Å²) in [5.41, 5.74) is 1.12. The van der Waals surface area contributed by atoms with E-state index in [2.05, 4.69) is 0 Å². The van der Waals surface area contributed by atoms with E-state index < -0.39 is 11.9 Å². The first-order valence-electron chi connectivity index (χ1n) is 9.20. The zero-order valence-electron chi connectivity index (χ0n) is 16.2. The first kappa shape index (κ1) is 19.7. The molecule has 1 N–H and O–H groups in total. The molecule has 1 aromatic heterocycles. The van der Waals surface area contributed by atoms with Crippen LogP contribution in [0.2, 0.25) is 0 Å². The van der Waals surface area contributed by atoms with Crippen molar-refractivity contribution in [2.24, 2.45) is 5.92 Å². The van der Waals surface area contributed by atoms with Gasteiger partial charge in [0.1, 0.15) is 17.1 Å². The monoisotopic (exact) mass is 384 g/mol. The summed E-state index contributed by atoms with van der Waals surface area (Å²) in [6.45, 7) is 4.07. The summed E-state index contributed by atoms with van der Waals surface area (Å²) in [6.07, 6.45) is 0.178. The molecule has 1 aliphatic heterocycles. The maximum Gasteiger partial charge on any atom is 0.339 e. The van der Waals surface area contributed by atoms with E-state index in [1.54, 1.807) is 18.9 Å². The number of carbonyl (C=O) groups excluding carboxylic acids is 2. The largest absolute Gasteiger partial charge is 0.478 e. The summed E-state index contributed by atoms with van der Waals surface area (Å²) in [6, 6.07) is 11.1. The molecule has 28 heavy (non-hydrogen) atoms. The van der Waals surface area contributed by atoms with Crippen LogP contribution in [0.15, 0.2) is 40.8 Å². The molecule has 148 valence electrons. The van der Waals surface area contributed by atoms with Gasteiger partial charge in [-0.2, -0.15) is 0 Å². The van der Waals surface area contributed by atoms with Crippen LogP contribution >= 0.6 is 0 Å². The number of nitrogens with zero attached hydrogens (tertiary/aromatic N) is 2. The van der Waals surface area contributed by atoms with E-state index >= 15 is 0 Å². The lowest BCUT2D eigenvalue weighted by Gasteiger charge is -2.26. The molecule has 1 fully saturated rings. The number of carboxylic acid groups (broad SMARTS) is 1. The fraction of sp³-hybridized carbons (Fsp3) is 0.381. The lowest BCUT2D eigenvalue weighted by Crippen LogP contribution is -2.34. The smallest absolute Gasteiger partial charge is 0.339 e. The minimum absolute atomic E-state index is 0.0369. The molecule has 2 aromatic rings. The van der Waals surface area contributed by atoms with Gasteiger partial charge in [0.15, 0.2) is 0 Å². The molecule has 2 amide bonds. The second kappa shape index (κ2) is 7.88. The average Bonchev–Trinajstić information content (AvgIpc) is 3.23. The summed E-state index contributed by atoms with van der Waals surface area (Å²) in [7, 11) is 1.63. The average molecular weight is 384 g/mol. The number of hydrogen-bond acceptors (Lipinski definition) is 4. The van der Waals surface area contributed by atoms with Crippen molar-refractivity contribution in [2.75, 3.05) is 13.6 Å². The number of carbonyl (C=O) groups is 3. The topological polar surface area (TPSA) is 91.1 Å². The van der Waals surface area contributed by atoms with Crippen LogP contribution in [0, 0.1) is 12.8 Å². The summed E-state index contributed by atoms with van der Waals surface area (Å²) < 4.78 is 5.45. The molecule has 0 spiro atoms. The second-order valence-electron chi connectivity index (χ2n) is 7.22. The first-order valence-corrected chi connectivity index (χ1v) is 9.20. The highest BCUT2D eigenvalue weighted by Crippen LogP contribution is 2.29. The predicted molar refractivity (Wildman–Crippen MR) is 102 cm³/mol. The fourth-order valence-electron chi connectivity index (χ4n) is 3.64. The van der Waals surface area contributed by atoms with Crippen molar-refractivity contribution in [3.63, 3.8) is 0 Å². The number of likely N-dealkylation sites (tertiary alicyclic amines) is 1. The van der Waals surface area contributed by atoms with Crippen LogP contribution in [0.5, 0.6) is 0 Å². The quantitative estimate of drug-likeness (QED) is 0.827. The van der Waals surface area contributed by atoms with Gasteiger partial charge < -0.3 is 19.3 Å². The Kier molecular flexibility index (Phi) is 5.53. The van der Waals surface area contributed by atoms with Crippen LogP contribution in [-0.2, 0) is 16.1 Å².